The molecule has 128 valence electrons. The predicted octanol–water partition coefficient (Wildman–Crippen LogP) is 2.18. The van der Waals surface area contributed by atoms with Crippen molar-refractivity contribution in [3.63, 3.8) is 0 Å². The first-order valence-corrected chi connectivity index (χ1v) is 8.22. The molecule has 6 heteroatoms. The lowest BCUT2D eigenvalue weighted by molar-refractivity contribution is 0.120. The third kappa shape index (κ3) is 3.14. The summed E-state index contributed by atoms with van der Waals surface area (Å²) in [6.07, 6.45) is 0. The number of anilines is 1. The Balaban J connectivity index is 1.73. The van der Waals surface area contributed by atoms with Crippen LogP contribution in [0.3, 0.4) is 0 Å². The van der Waals surface area contributed by atoms with Crippen LogP contribution in [0.5, 0.6) is 0 Å². The molecule has 0 unspecified atom stereocenters. The van der Waals surface area contributed by atoms with Gasteiger partial charge in [0.15, 0.2) is 0 Å². The fourth-order valence-electron chi connectivity index (χ4n) is 2.93. The van der Waals surface area contributed by atoms with Crippen LogP contribution in [0.15, 0.2) is 51.7 Å². The smallest absolute Gasteiger partial charge is 0.301 e. The number of hydrogen-bond donors (Lipinski definition) is 1. The molecule has 1 aliphatic heterocycles. The van der Waals surface area contributed by atoms with Crippen molar-refractivity contribution in [1.82, 2.24) is 4.98 Å². The molecule has 1 aromatic heterocycles. The van der Waals surface area contributed by atoms with Crippen LogP contribution in [0.2, 0.25) is 0 Å². The molecular formula is C19H18N2O4. The molecule has 1 saturated heterocycles. The summed E-state index contributed by atoms with van der Waals surface area (Å²) in [6, 6.07) is 13.4. The minimum absolute atomic E-state index is 0.00975. The number of benzene rings is 2. The molecule has 0 amide bonds. The average Bonchev–Trinajstić information content (AvgIpc) is 2.68. The molecule has 2 aromatic carbocycles. The van der Waals surface area contributed by atoms with Crippen molar-refractivity contribution < 1.29 is 14.3 Å². The lowest BCUT2D eigenvalue weighted by Gasteiger charge is -2.25. The van der Waals surface area contributed by atoms with E-state index in [1.165, 1.54) is 0 Å². The summed E-state index contributed by atoms with van der Waals surface area (Å²) in [5.41, 5.74) is 2.95. The van der Waals surface area contributed by atoms with Crippen molar-refractivity contribution in [3.8, 4) is 11.1 Å². The lowest BCUT2D eigenvalue weighted by Crippen LogP contribution is -2.37. The minimum Gasteiger partial charge on any atom is -0.425 e. The fraction of sp³-hybridized carbons (Fsp3) is 0.263. The summed E-state index contributed by atoms with van der Waals surface area (Å²) < 4.78 is 11.2. The van der Waals surface area contributed by atoms with Gasteiger partial charge in [0.25, 0.3) is 5.56 Å². The van der Waals surface area contributed by atoms with E-state index in [2.05, 4.69) is 4.98 Å². The van der Waals surface area contributed by atoms with Gasteiger partial charge in [0.2, 0.25) is 0 Å². The molecule has 2 heterocycles. The lowest BCUT2D eigenvalue weighted by atomic mass is 10.0. The SMILES string of the molecule is O=c1nc(N2CCOCC2)oc2ccc(-c3ccc(CO)cc3)cc12. The zero-order chi connectivity index (χ0) is 17.2. The maximum atomic E-state index is 12.5. The van der Waals surface area contributed by atoms with Gasteiger partial charge >= 0.3 is 6.01 Å². The Hall–Kier alpha value is -2.70. The van der Waals surface area contributed by atoms with Gasteiger partial charge in [-0.25, -0.2) is 0 Å². The van der Waals surface area contributed by atoms with Crippen LogP contribution in [-0.4, -0.2) is 36.4 Å². The molecule has 1 N–H and O–H groups in total. The zero-order valence-electron chi connectivity index (χ0n) is 13.6. The largest absolute Gasteiger partial charge is 0.425 e. The van der Waals surface area contributed by atoms with Crippen LogP contribution < -0.4 is 10.5 Å². The van der Waals surface area contributed by atoms with E-state index in [1.807, 2.05) is 35.2 Å². The van der Waals surface area contributed by atoms with Gasteiger partial charge in [-0.1, -0.05) is 30.3 Å². The molecule has 0 radical (unpaired) electrons. The quantitative estimate of drug-likeness (QED) is 0.789. The summed E-state index contributed by atoms with van der Waals surface area (Å²) >= 11 is 0. The van der Waals surface area contributed by atoms with Gasteiger partial charge in [-0.05, 0) is 28.8 Å². The standard InChI is InChI=1S/C19H18N2O4/c22-12-13-1-3-14(4-2-13)15-5-6-17-16(11-15)18(23)20-19(25-17)21-7-9-24-10-8-21/h1-6,11,22H,7-10,12H2. The molecule has 4 rings (SSSR count). The summed E-state index contributed by atoms with van der Waals surface area (Å²) in [6.45, 7) is 2.54. The maximum Gasteiger partial charge on any atom is 0.301 e. The van der Waals surface area contributed by atoms with Crippen LogP contribution >= 0.6 is 0 Å². The number of aliphatic hydroxyl groups excluding tert-OH is 1. The molecule has 25 heavy (non-hydrogen) atoms. The first-order chi connectivity index (χ1) is 12.2. The van der Waals surface area contributed by atoms with Crippen LogP contribution in [0, 0.1) is 0 Å². The molecule has 0 spiro atoms. The molecule has 0 saturated carbocycles. The van der Waals surface area contributed by atoms with Crippen molar-refractivity contribution in [3.05, 3.63) is 58.4 Å². The van der Waals surface area contributed by atoms with Gasteiger partial charge in [0, 0.05) is 13.1 Å². The van der Waals surface area contributed by atoms with Crippen LogP contribution in [0.25, 0.3) is 22.1 Å². The highest BCUT2D eigenvalue weighted by atomic mass is 16.5. The topological polar surface area (TPSA) is 75.8 Å². The van der Waals surface area contributed by atoms with Crippen LogP contribution in [-0.2, 0) is 11.3 Å². The van der Waals surface area contributed by atoms with E-state index >= 15 is 0 Å². The van der Waals surface area contributed by atoms with Crippen molar-refractivity contribution in [2.45, 2.75) is 6.61 Å². The zero-order valence-corrected chi connectivity index (χ0v) is 13.6. The highest BCUT2D eigenvalue weighted by Crippen LogP contribution is 2.25. The number of morpholine rings is 1. The Morgan fingerprint density at radius 3 is 2.48 bits per heavy atom. The number of rotatable bonds is 3. The first-order valence-electron chi connectivity index (χ1n) is 8.22. The highest BCUT2D eigenvalue weighted by molar-refractivity contribution is 5.82. The number of hydrogen-bond acceptors (Lipinski definition) is 6. The molecular weight excluding hydrogens is 320 g/mol. The van der Waals surface area contributed by atoms with Gasteiger partial charge in [0.1, 0.15) is 5.58 Å². The Morgan fingerprint density at radius 2 is 1.76 bits per heavy atom. The Labute approximate surface area is 144 Å². The number of nitrogens with zero attached hydrogens (tertiary/aromatic N) is 2. The molecule has 6 nitrogen and oxygen atoms in total. The minimum atomic E-state index is -0.295. The summed E-state index contributed by atoms with van der Waals surface area (Å²) in [7, 11) is 0. The van der Waals surface area contributed by atoms with Gasteiger partial charge in [-0.3, -0.25) is 4.79 Å². The average molecular weight is 338 g/mol. The number of aliphatic hydroxyl groups is 1. The highest BCUT2D eigenvalue weighted by Gasteiger charge is 2.17. The summed E-state index contributed by atoms with van der Waals surface area (Å²) in [5.74, 6) is 0. The Morgan fingerprint density at radius 1 is 1.04 bits per heavy atom. The molecule has 0 bridgehead atoms. The molecule has 1 fully saturated rings. The van der Waals surface area contributed by atoms with Crippen molar-refractivity contribution in [2.24, 2.45) is 0 Å². The second-order valence-corrected chi connectivity index (χ2v) is 5.97. The van der Waals surface area contributed by atoms with Gasteiger partial charge < -0.3 is 19.2 Å². The van der Waals surface area contributed by atoms with Crippen LogP contribution in [0.1, 0.15) is 5.56 Å². The van der Waals surface area contributed by atoms with Gasteiger partial charge in [-0.15, -0.1) is 0 Å². The molecule has 3 aromatic rings. The van der Waals surface area contributed by atoms with Crippen molar-refractivity contribution in [1.29, 1.82) is 0 Å². The monoisotopic (exact) mass is 338 g/mol. The normalized spacial score (nSPS) is 14.8. The third-order valence-corrected chi connectivity index (χ3v) is 4.36. The third-order valence-electron chi connectivity index (χ3n) is 4.36. The number of ether oxygens (including phenoxy) is 1. The van der Waals surface area contributed by atoms with E-state index in [9.17, 15) is 4.79 Å². The van der Waals surface area contributed by atoms with E-state index < -0.39 is 0 Å². The van der Waals surface area contributed by atoms with E-state index in [0.717, 1.165) is 16.7 Å². The van der Waals surface area contributed by atoms with E-state index in [1.54, 1.807) is 12.1 Å². The second-order valence-electron chi connectivity index (χ2n) is 5.97. The summed E-state index contributed by atoms with van der Waals surface area (Å²) in [4.78, 5) is 18.5. The second kappa shape index (κ2) is 6.66. The molecule has 1 aliphatic rings. The Kier molecular flexibility index (Phi) is 4.21. The number of aromatic nitrogens is 1. The van der Waals surface area contributed by atoms with E-state index in [-0.39, 0.29) is 12.2 Å². The van der Waals surface area contributed by atoms with E-state index in [4.69, 9.17) is 14.3 Å². The fourth-order valence-corrected chi connectivity index (χ4v) is 2.93. The first kappa shape index (κ1) is 15.8. The number of fused-ring (bicyclic) bond motifs is 1. The van der Waals surface area contributed by atoms with Crippen LogP contribution in [0.4, 0.5) is 6.01 Å². The summed E-state index contributed by atoms with van der Waals surface area (Å²) in [5, 5.41) is 9.60. The van der Waals surface area contributed by atoms with Crippen molar-refractivity contribution >= 4 is 17.0 Å². The van der Waals surface area contributed by atoms with Gasteiger partial charge in [0.05, 0.1) is 25.2 Å². The molecule has 0 aliphatic carbocycles. The maximum absolute atomic E-state index is 12.5. The predicted molar refractivity (Wildman–Crippen MR) is 94.7 cm³/mol. The van der Waals surface area contributed by atoms with Crippen molar-refractivity contribution in [2.75, 3.05) is 31.2 Å². The van der Waals surface area contributed by atoms with E-state index in [0.29, 0.717) is 43.3 Å². The molecule has 0 atom stereocenters. The van der Waals surface area contributed by atoms with Gasteiger partial charge in [-0.2, -0.15) is 4.98 Å². The Bertz CT molecular complexity index is 944.